The summed E-state index contributed by atoms with van der Waals surface area (Å²) in [5.74, 6) is 0. The van der Waals surface area contributed by atoms with Crippen molar-refractivity contribution in [2.45, 2.75) is 173 Å². The second-order valence-electron chi connectivity index (χ2n) is 12.1. The minimum atomic E-state index is -4.49. The Balaban J connectivity index is 0.00000840. The Morgan fingerprint density at radius 3 is 1.37 bits per heavy atom. The fourth-order valence-corrected chi connectivity index (χ4v) is 6.67. The molecular weight excluding hydrogens is 535 g/mol. The molecule has 0 aromatic heterocycles. The number of benzene rings is 2. The first-order valence-corrected chi connectivity index (χ1v) is 18.4. The van der Waals surface area contributed by atoms with Crippen molar-refractivity contribution in [2.75, 3.05) is 0 Å². The molecule has 0 aliphatic rings. The van der Waals surface area contributed by atoms with Crippen LogP contribution in [0.25, 0.3) is 10.8 Å². The summed E-state index contributed by atoms with van der Waals surface area (Å²) in [6.45, 7) is 4.53. The average Bonchev–Trinajstić information content (AvgIpc) is 2.94. The summed E-state index contributed by atoms with van der Waals surface area (Å²) in [5.41, 5.74) is 2.43. The third-order valence-corrected chi connectivity index (χ3v) is 9.41. The van der Waals surface area contributed by atoms with Crippen molar-refractivity contribution < 1.29 is 42.5 Å². The van der Waals surface area contributed by atoms with Gasteiger partial charge in [0.05, 0.1) is 4.90 Å². The van der Waals surface area contributed by atoms with Gasteiger partial charge < -0.3 is 4.55 Å². The molecule has 0 bridgehead atoms. The molecule has 228 valence electrons. The van der Waals surface area contributed by atoms with E-state index in [2.05, 4.69) is 19.9 Å². The average molecular weight is 595 g/mol. The molecule has 0 unspecified atom stereocenters. The van der Waals surface area contributed by atoms with E-state index in [1.165, 1.54) is 146 Å². The van der Waals surface area contributed by atoms with E-state index in [9.17, 15) is 13.0 Å². The number of hydrogen-bond acceptors (Lipinski definition) is 3. The van der Waals surface area contributed by atoms with Crippen LogP contribution in [0.4, 0.5) is 0 Å². The first-order chi connectivity index (χ1) is 19.5. The van der Waals surface area contributed by atoms with E-state index in [1.54, 1.807) is 0 Å². The molecule has 0 N–H and O–H groups in total. The molecule has 0 fully saturated rings. The molecule has 41 heavy (non-hydrogen) atoms. The molecule has 0 spiro atoms. The largest absolute Gasteiger partial charge is 1.00 e. The van der Waals surface area contributed by atoms with Gasteiger partial charge >= 0.3 is 29.6 Å². The van der Waals surface area contributed by atoms with Gasteiger partial charge in [-0.3, -0.25) is 0 Å². The van der Waals surface area contributed by atoms with Crippen LogP contribution in [0.15, 0.2) is 35.2 Å². The zero-order chi connectivity index (χ0) is 28.9. The maximum Gasteiger partial charge on any atom is 1.00 e. The predicted molar refractivity (Wildman–Crippen MR) is 172 cm³/mol. The first-order valence-electron chi connectivity index (χ1n) is 17.0. The van der Waals surface area contributed by atoms with Crippen molar-refractivity contribution in [2.24, 2.45) is 0 Å². The first kappa shape index (κ1) is 38.6. The molecule has 0 atom stereocenters. The monoisotopic (exact) mass is 594 g/mol. The summed E-state index contributed by atoms with van der Waals surface area (Å²) in [6.07, 6.45) is 31.0. The van der Waals surface area contributed by atoms with E-state index in [0.717, 1.165) is 31.1 Å². The van der Waals surface area contributed by atoms with Crippen molar-refractivity contribution in [1.29, 1.82) is 0 Å². The Hall–Kier alpha value is -0.390. The molecule has 2 aromatic rings. The number of hydrogen-bond donors (Lipinski definition) is 0. The summed E-state index contributed by atoms with van der Waals surface area (Å²) < 4.78 is 35.8. The van der Waals surface area contributed by atoms with E-state index in [4.69, 9.17) is 0 Å². The van der Waals surface area contributed by atoms with Crippen molar-refractivity contribution in [1.82, 2.24) is 0 Å². The number of aryl methyl sites for hydroxylation is 2. The van der Waals surface area contributed by atoms with Crippen LogP contribution in [0.3, 0.4) is 0 Å². The van der Waals surface area contributed by atoms with Gasteiger partial charge in [-0.15, -0.1) is 0 Å². The van der Waals surface area contributed by atoms with E-state index in [-0.39, 0.29) is 34.5 Å². The molecule has 3 nitrogen and oxygen atoms in total. The van der Waals surface area contributed by atoms with Crippen LogP contribution in [0.2, 0.25) is 0 Å². The number of unbranched alkanes of at least 4 members (excludes halogenated alkanes) is 20. The summed E-state index contributed by atoms with van der Waals surface area (Å²) in [5, 5.41) is 1.56. The van der Waals surface area contributed by atoms with Gasteiger partial charge in [0.2, 0.25) is 0 Å². The van der Waals surface area contributed by atoms with Crippen molar-refractivity contribution >= 4 is 20.9 Å². The van der Waals surface area contributed by atoms with Crippen LogP contribution in [0.5, 0.6) is 0 Å². The zero-order valence-corrected chi connectivity index (χ0v) is 29.8. The Morgan fingerprint density at radius 1 is 0.512 bits per heavy atom. The molecular formula is C36H59NaO3S. The van der Waals surface area contributed by atoms with Crippen LogP contribution in [0.1, 0.15) is 166 Å². The van der Waals surface area contributed by atoms with E-state index in [1.807, 2.05) is 18.2 Å². The number of fused-ring (bicyclic) bond motifs is 1. The third kappa shape index (κ3) is 16.9. The van der Waals surface area contributed by atoms with Crippen molar-refractivity contribution in [3.05, 3.63) is 41.5 Å². The summed E-state index contributed by atoms with van der Waals surface area (Å²) in [6, 6.07) is 9.48. The smallest absolute Gasteiger partial charge is 0.744 e. The minimum Gasteiger partial charge on any atom is -0.744 e. The van der Waals surface area contributed by atoms with E-state index in [0.29, 0.717) is 5.39 Å². The van der Waals surface area contributed by atoms with Gasteiger partial charge in [0, 0.05) is 0 Å². The van der Waals surface area contributed by atoms with Gasteiger partial charge in [0.1, 0.15) is 10.1 Å². The van der Waals surface area contributed by atoms with Crippen LogP contribution >= 0.6 is 0 Å². The molecule has 0 radical (unpaired) electrons. The zero-order valence-electron chi connectivity index (χ0n) is 27.0. The summed E-state index contributed by atoms with van der Waals surface area (Å²) >= 11 is 0. The maximum absolute atomic E-state index is 11.9. The van der Waals surface area contributed by atoms with Gasteiger partial charge in [-0.1, -0.05) is 167 Å². The SMILES string of the molecule is CCCCCCCCCCCCCc1ccc2c(S(=O)(=O)[O-])ccc(CCCCCCCCCCCCC)c2c1.[Na+]. The maximum atomic E-state index is 11.9. The molecule has 0 saturated carbocycles. The van der Waals surface area contributed by atoms with Gasteiger partial charge in [-0.25, -0.2) is 8.42 Å². The van der Waals surface area contributed by atoms with Gasteiger partial charge in [-0.2, -0.15) is 0 Å². The van der Waals surface area contributed by atoms with Crippen molar-refractivity contribution in [3.8, 4) is 0 Å². The standard InChI is InChI=1S/C36H60O3S.Na/c1-3-5-7-9-11-13-15-17-19-21-23-25-32-27-29-34-35(31-32)33(28-30-36(34)40(37,38)39)26-24-22-20-18-16-14-12-10-8-6-4-2;/h27-31H,3-26H2,1-2H3,(H,37,38,39);/q;+1/p-1. The summed E-state index contributed by atoms with van der Waals surface area (Å²) in [7, 11) is -4.49. The fourth-order valence-electron chi connectivity index (χ4n) is 5.99. The number of rotatable bonds is 25. The third-order valence-electron chi connectivity index (χ3n) is 8.52. The van der Waals surface area contributed by atoms with E-state index >= 15 is 0 Å². The molecule has 5 heteroatoms. The predicted octanol–water partition coefficient (Wildman–Crippen LogP) is 8.45. The minimum absolute atomic E-state index is 0. The fraction of sp³-hybridized carbons (Fsp3) is 0.722. The van der Waals surface area contributed by atoms with Gasteiger partial charge in [0.25, 0.3) is 0 Å². The Morgan fingerprint density at radius 2 is 0.927 bits per heavy atom. The van der Waals surface area contributed by atoms with E-state index < -0.39 is 10.1 Å². The van der Waals surface area contributed by atoms with Crippen LogP contribution in [-0.2, 0) is 23.0 Å². The second kappa shape index (κ2) is 24.0. The molecule has 2 rings (SSSR count). The molecule has 0 saturated heterocycles. The van der Waals surface area contributed by atoms with Crippen LogP contribution in [-0.4, -0.2) is 13.0 Å². The topological polar surface area (TPSA) is 57.2 Å². The van der Waals surface area contributed by atoms with Gasteiger partial charge in [-0.05, 0) is 53.6 Å². The summed E-state index contributed by atoms with van der Waals surface area (Å²) in [4.78, 5) is -0.0774. The van der Waals surface area contributed by atoms with Crippen LogP contribution < -0.4 is 29.6 Å². The Bertz CT molecular complexity index is 1030. The molecule has 0 heterocycles. The van der Waals surface area contributed by atoms with Crippen LogP contribution in [0, 0.1) is 0 Å². The second-order valence-corrected chi connectivity index (χ2v) is 13.5. The molecule has 0 aliphatic carbocycles. The Kier molecular flexibility index (Phi) is 22.6. The molecule has 0 amide bonds. The molecule has 0 aliphatic heterocycles. The van der Waals surface area contributed by atoms with Crippen molar-refractivity contribution in [3.63, 3.8) is 0 Å². The van der Waals surface area contributed by atoms with Gasteiger partial charge in [0.15, 0.2) is 0 Å². The Labute approximate surface area is 276 Å². The normalized spacial score (nSPS) is 11.7. The quantitative estimate of drug-likeness (QED) is 0.0658. The molecule has 2 aromatic carbocycles.